The fourth-order valence-electron chi connectivity index (χ4n) is 5.29. The van der Waals surface area contributed by atoms with Gasteiger partial charge < -0.3 is 15.2 Å². The van der Waals surface area contributed by atoms with Crippen LogP contribution in [0.25, 0.3) is 0 Å². The molecule has 0 spiro atoms. The molecule has 0 aromatic carbocycles. The van der Waals surface area contributed by atoms with Crippen molar-refractivity contribution in [1.29, 1.82) is 0 Å². The van der Waals surface area contributed by atoms with Gasteiger partial charge in [0.1, 0.15) is 5.00 Å². The molecule has 6 nitrogen and oxygen atoms in total. The van der Waals surface area contributed by atoms with Crippen molar-refractivity contribution in [3.63, 3.8) is 0 Å². The third-order valence-corrected chi connectivity index (χ3v) is 7.60. The molecule has 7 heteroatoms. The lowest BCUT2D eigenvalue weighted by atomic mass is 9.78. The Morgan fingerprint density at radius 1 is 1.15 bits per heavy atom. The first-order valence-corrected chi connectivity index (χ1v) is 10.7. The van der Waals surface area contributed by atoms with Crippen LogP contribution in [0.15, 0.2) is 0 Å². The van der Waals surface area contributed by atoms with Crippen LogP contribution < -0.4 is 5.32 Å². The van der Waals surface area contributed by atoms with Crippen molar-refractivity contribution in [2.45, 2.75) is 51.9 Å². The number of thiophene rings is 1. The van der Waals surface area contributed by atoms with Crippen molar-refractivity contribution < 1.29 is 24.2 Å². The van der Waals surface area contributed by atoms with Crippen molar-refractivity contribution in [3.05, 3.63) is 16.0 Å². The number of esters is 1. The first kappa shape index (κ1) is 18.5. The van der Waals surface area contributed by atoms with Crippen molar-refractivity contribution in [2.75, 3.05) is 11.9 Å². The van der Waals surface area contributed by atoms with E-state index in [1.54, 1.807) is 6.92 Å². The molecule has 2 saturated carbocycles. The van der Waals surface area contributed by atoms with E-state index in [4.69, 9.17) is 4.74 Å². The summed E-state index contributed by atoms with van der Waals surface area (Å²) in [6.45, 7) is 2.05. The number of hydrogen-bond donors (Lipinski definition) is 2. The molecule has 4 rings (SSSR count). The van der Waals surface area contributed by atoms with Gasteiger partial charge in [-0.15, -0.1) is 11.3 Å². The third kappa shape index (κ3) is 3.16. The van der Waals surface area contributed by atoms with E-state index in [1.807, 2.05) is 0 Å². The molecular formula is C20H25NO5S. The van der Waals surface area contributed by atoms with Crippen LogP contribution in [0.5, 0.6) is 0 Å². The predicted molar refractivity (Wildman–Crippen MR) is 101 cm³/mol. The number of rotatable bonds is 5. The predicted octanol–water partition coefficient (Wildman–Crippen LogP) is 3.49. The largest absolute Gasteiger partial charge is 0.481 e. The van der Waals surface area contributed by atoms with Crippen LogP contribution in [0.3, 0.4) is 0 Å². The van der Waals surface area contributed by atoms with Crippen LogP contribution in [-0.2, 0) is 27.2 Å². The fraction of sp³-hybridized carbons (Fsp3) is 0.650. The molecule has 1 aromatic heterocycles. The van der Waals surface area contributed by atoms with Gasteiger partial charge in [-0.1, -0.05) is 0 Å². The zero-order valence-corrected chi connectivity index (χ0v) is 16.3. The van der Waals surface area contributed by atoms with Gasteiger partial charge in [-0.2, -0.15) is 0 Å². The molecule has 3 aliphatic carbocycles. The van der Waals surface area contributed by atoms with Gasteiger partial charge in [-0.25, -0.2) is 4.79 Å². The van der Waals surface area contributed by atoms with Crippen LogP contribution in [0, 0.1) is 23.7 Å². The van der Waals surface area contributed by atoms with Crippen LogP contribution in [0.2, 0.25) is 0 Å². The number of carbonyl (C=O) groups is 3. The number of aryl methyl sites for hydroxylation is 1. The number of anilines is 1. The summed E-state index contributed by atoms with van der Waals surface area (Å²) in [4.78, 5) is 38.5. The van der Waals surface area contributed by atoms with Gasteiger partial charge in [-0.3, -0.25) is 9.59 Å². The molecule has 1 amide bonds. The quantitative estimate of drug-likeness (QED) is 0.750. The molecule has 146 valence electrons. The molecule has 3 aliphatic rings. The van der Waals surface area contributed by atoms with E-state index in [0.717, 1.165) is 55.4 Å². The molecule has 1 aromatic rings. The Labute approximate surface area is 162 Å². The van der Waals surface area contributed by atoms with Crippen LogP contribution in [-0.4, -0.2) is 29.6 Å². The minimum atomic E-state index is -0.876. The van der Waals surface area contributed by atoms with Gasteiger partial charge in [0, 0.05) is 4.88 Å². The number of carbonyl (C=O) groups excluding carboxylic acids is 2. The van der Waals surface area contributed by atoms with Crippen LogP contribution >= 0.6 is 11.3 Å². The molecule has 0 unspecified atom stereocenters. The zero-order valence-electron chi connectivity index (χ0n) is 15.5. The molecule has 2 fully saturated rings. The maximum atomic E-state index is 13.0. The topological polar surface area (TPSA) is 92.7 Å². The maximum Gasteiger partial charge on any atom is 0.341 e. The first-order chi connectivity index (χ1) is 13.0. The van der Waals surface area contributed by atoms with E-state index in [9.17, 15) is 19.5 Å². The van der Waals surface area contributed by atoms with Crippen LogP contribution in [0.4, 0.5) is 5.00 Å². The number of aliphatic carboxylic acids is 1. The number of fused-ring (bicyclic) bond motifs is 3. The molecule has 1 heterocycles. The molecule has 0 radical (unpaired) electrons. The number of carboxylic acid groups (broad SMARTS) is 1. The number of carboxylic acids is 1. The lowest BCUT2D eigenvalue weighted by molar-refractivity contribution is -0.148. The molecule has 4 atom stereocenters. The van der Waals surface area contributed by atoms with E-state index < -0.39 is 23.8 Å². The molecule has 2 N–H and O–H groups in total. The Morgan fingerprint density at radius 2 is 1.85 bits per heavy atom. The zero-order chi connectivity index (χ0) is 19.1. The van der Waals surface area contributed by atoms with Gasteiger partial charge in [0.25, 0.3) is 0 Å². The van der Waals surface area contributed by atoms with Gasteiger partial charge in [-0.05, 0) is 69.3 Å². The Morgan fingerprint density at radius 3 is 2.56 bits per heavy atom. The maximum absolute atomic E-state index is 13.0. The normalized spacial score (nSPS) is 28.6. The summed E-state index contributed by atoms with van der Waals surface area (Å²) in [6, 6.07) is 0. The van der Waals surface area contributed by atoms with E-state index in [-0.39, 0.29) is 24.3 Å². The molecule has 27 heavy (non-hydrogen) atoms. The van der Waals surface area contributed by atoms with Crippen LogP contribution in [0.1, 0.15) is 59.8 Å². The monoisotopic (exact) mass is 391 g/mol. The minimum absolute atomic E-state index is 0.101. The van der Waals surface area contributed by atoms with Gasteiger partial charge in [0.2, 0.25) is 5.91 Å². The average Bonchev–Trinajstić information content (AvgIpc) is 3.33. The second kappa shape index (κ2) is 7.26. The number of ether oxygens (including phenoxy) is 1. The molecule has 0 saturated heterocycles. The highest BCUT2D eigenvalue weighted by Crippen LogP contribution is 2.53. The Balaban J connectivity index is 1.62. The first-order valence-electron chi connectivity index (χ1n) is 9.86. The Hall–Kier alpha value is -1.89. The van der Waals surface area contributed by atoms with Crippen molar-refractivity contribution in [1.82, 2.24) is 0 Å². The smallest absolute Gasteiger partial charge is 0.341 e. The Bertz CT molecular complexity index is 786. The SMILES string of the molecule is CCOC(=O)c1c(NC(=O)[C@@H]2[C@H]3CC[C@@H](C3)[C@@H]2C(=O)O)sc2c1CCCC2. The second-order valence-electron chi connectivity index (χ2n) is 7.85. The lowest BCUT2D eigenvalue weighted by Crippen LogP contribution is -2.38. The van der Waals surface area contributed by atoms with Gasteiger partial charge in [0.05, 0.1) is 24.0 Å². The average molecular weight is 391 g/mol. The van der Waals surface area contributed by atoms with Crippen molar-refractivity contribution >= 4 is 34.2 Å². The number of amides is 1. The third-order valence-electron chi connectivity index (χ3n) is 6.39. The van der Waals surface area contributed by atoms with E-state index in [2.05, 4.69) is 5.32 Å². The summed E-state index contributed by atoms with van der Waals surface area (Å²) in [5.74, 6) is -2.40. The van der Waals surface area contributed by atoms with E-state index in [1.165, 1.54) is 11.3 Å². The lowest BCUT2D eigenvalue weighted by Gasteiger charge is -2.26. The Kier molecular flexibility index (Phi) is 4.97. The summed E-state index contributed by atoms with van der Waals surface area (Å²) < 4.78 is 5.23. The molecular weight excluding hydrogens is 366 g/mol. The molecule has 0 aliphatic heterocycles. The number of nitrogens with one attached hydrogen (secondary N) is 1. The van der Waals surface area contributed by atoms with Crippen molar-refractivity contribution in [2.24, 2.45) is 23.7 Å². The fourth-order valence-corrected chi connectivity index (χ4v) is 6.57. The number of hydrogen-bond acceptors (Lipinski definition) is 5. The second-order valence-corrected chi connectivity index (χ2v) is 8.95. The van der Waals surface area contributed by atoms with Gasteiger partial charge >= 0.3 is 11.9 Å². The summed E-state index contributed by atoms with van der Waals surface area (Å²) in [7, 11) is 0. The summed E-state index contributed by atoms with van der Waals surface area (Å²) in [5.41, 5.74) is 1.49. The van der Waals surface area contributed by atoms with E-state index >= 15 is 0 Å². The minimum Gasteiger partial charge on any atom is -0.481 e. The van der Waals surface area contributed by atoms with Crippen molar-refractivity contribution in [3.8, 4) is 0 Å². The summed E-state index contributed by atoms with van der Waals surface area (Å²) in [5, 5.41) is 13.1. The highest BCUT2D eigenvalue weighted by Gasteiger charge is 2.54. The standard InChI is InChI=1S/C20H25NO5S/c1-2-26-20(25)16-12-5-3-4-6-13(12)27-18(16)21-17(22)14-10-7-8-11(9-10)15(14)19(23)24/h10-11,14-15H,2-9H2,1H3,(H,21,22)(H,23,24)/t10-,11-,14+,15-/m0/s1. The highest BCUT2D eigenvalue weighted by atomic mass is 32.1. The van der Waals surface area contributed by atoms with Gasteiger partial charge in [0.15, 0.2) is 0 Å². The molecule has 2 bridgehead atoms. The summed E-state index contributed by atoms with van der Waals surface area (Å²) >= 11 is 1.45. The highest BCUT2D eigenvalue weighted by molar-refractivity contribution is 7.17. The summed E-state index contributed by atoms with van der Waals surface area (Å²) in [6.07, 6.45) is 6.47. The van der Waals surface area contributed by atoms with E-state index in [0.29, 0.717) is 10.6 Å².